The topological polar surface area (TPSA) is 95.7 Å². The van der Waals surface area contributed by atoms with Gasteiger partial charge in [0.2, 0.25) is 5.71 Å². The molecule has 2 aromatic carbocycles. The molecule has 8 heteroatoms. The molecule has 0 amide bonds. The van der Waals surface area contributed by atoms with E-state index < -0.39 is 5.60 Å². The third kappa shape index (κ3) is 6.40. The van der Waals surface area contributed by atoms with Crippen molar-refractivity contribution in [2.45, 2.75) is 64.2 Å². The van der Waals surface area contributed by atoms with Crippen molar-refractivity contribution in [3.05, 3.63) is 60.9 Å². The molecular weight excluding hydrogens is 494 g/mol. The summed E-state index contributed by atoms with van der Waals surface area (Å²) in [6.45, 7) is 5.52. The maximum Gasteiger partial charge on any atom is 0.332 e. The average molecular weight is 530 g/mol. The van der Waals surface area contributed by atoms with Crippen molar-refractivity contribution in [2.75, 3.05) is 19.0 Å². The lowest BCUT2D eigenvalue weighted by atomic mass is 9.92. The van der Waals surface area contributed by atoms with E-state index in [1.807, 2.05) is 75.4 Å². The van der Waals surface area contributed by atoms with Crippen molar-refractivity contribution < 1.29 is 23.4 Å². The van der Waals surface area contributed by atoms with Crippen LogP contribution in [0.5, 0.6) is 5.75 Å². The summed E-state index contributed by atoms with van der Waals surface area (Å²) in [5, 5.41) is 4.48. The Balaban J connectivity index is 1.43. The molecule has 5 rings (SSSR count). The standard InChI is InChI=1S/C31H35N3O5/c1-31(2,3)39-25(35)18-37-24-12-8-11-22(17-24)34-29-27-26(20-13-15-23(36-4)16-14-20)28(21-9-6-5-7-10-21)38-30(27)33-19-32-29/h5-7,9-10,13-16,19,22,24H,8,11-12,17-18H2,1-4H3,(H,32,33,34). The van der Waals surface area contributed by atoms with Crippen LogP contribution in [0.15, 0.2) is 65.3 Å². The van der Waals surface area contributed by atoms with Crippen LogP contribution in [-0.2, 0) is 14.3 Å². The molecule has 0 spiro atoms. The second-order valence-electron chi connectivity index (χ2n) is 10.8. The van der Waals surface area contributed by atoms with Crippen molar-refractivity contribution in [1.29, 1.82) is 0 Å². The van der Waals surface area contributed by atoms with Gasteiger partial charge in [-0.15, -0.1) is 0 Å². The summed E-state index contributed by atoms with van der Waals surface area (Å²) < 4.78 is 23.1. The first kappa shape index (κ1) is 26.7. The molecule has 2 atom stereocenters. The Morgan fingerprint density at radius 1 is 1.03 bits per heavy atom. The fourth-order valence-corrected chi connectivity index (χ4v) is 5.05. The molecule has 0 radical (unpaired) electrons. The number of carbonyl (C=O) groups is 1. The zero-order valence-corrected chi connectivity index (χ0v) is 22.9. The van der Waals surface area contributed by atoms with Crippen molar-refractivity contribution in [2.24, 2.45) is 0 Å². The molecule has 1 saturated carbocycles. The van der Waals surface area contributed by atoms with Crippen LogP contribution >= 0.6 is 0 Å². The zero-order valence-electron chi connectivity index (χ0n) is 22.9. The van der Waals surface area contributed by atoms with E-state index in [1.165, 1.54) is 6.33 Å². The van der Waals surface area contributed by atoms with E-state index in [2.05, 4.69) is 15.3 Å². The van der Waals surface area contributed by atoms with Crippen LogP contribution in [0.25, 0.3) is 33.6 Å². The van der Waals surface area contributed by atoms with E-state index >= 15 is 0 Å². The van der Waals surface area contributed by atoms with Crippen molar-refractivity contribution >= 4 is 22.9 Å². The van der Waals surface area contributed by atoms with Gasteiger partial charge in [-0.1, -0.05) is 42.5 Å². The number of methoxy groups -OCH3 is 1. The van der Waals surface area contributed by atoms with Crippen LogP contribution in [0.3, 0.4) is 0 Å². The van der Waals surface area contributed by atoms with Gasteiger partial charge in [-0.25, -0.2) is 14.8 Å². The quantitative estimate of drug-likeness (QED) is 0.254. The molecule has 1 N–H and O–H groups in total. The van der Waals surface area contributed by atoms with Crippen LogP contribution in [0, 0.1) is 0 Å². The number of rotatable bonds is 8. The molecule has 0 bridgehead atoms. The molecule has 1 aliphatic carbocycles. The molecule has 2 unspecified atom stereocenters. The minimum atomic E-state index is -0.528. The Morgan fingerprint density at radius 3 is 2.51 bits per heavy atom. The lowest BCUT2D eigenvalue weighted by Gasteiger charge is -2.30. The largest absolute Gasteiger partial charge is 0.497 e. The monoisotopic (exact) mass is 529 g/mol. The van der Waals surface area contributed by atoms with Gasteiger partial charge < -0.3 is 23.9 Å². The lowest BCUT2D eigenvalue weighted by Crippen LogP contribution is -2.34. The molecule has 1 fully saturated rings. The fraction of sp³-hybridized carbons (Fsp3) is 0.387. The molecule has 1 aliphatic rings. The summed E-state index contributed by atoms with van der Waals surface area (Å²) in [6.07, 6.45) is 5.11. The van der Waals surface area contributed by atoms with Crippen LogP contribution < -0.4 is 10.1 Å². The first-order valence-corrected chi connectivity index (χ1v) is 13.4. The average Bonchev–Trinajstić information content (AvgIpc) is 3.32. The molecule has 0 saturated heterocycles. The molecule has 8 nitrogen and oxygen atoms in total. The van der Waals surface area contributed by atoms with Gasteiger partial charge in [0, 0.05) is 17.2 Å². The van der Waals surface area contributed by atoms with Gasteiger partial charge in [-0.05, 0) is 64.2 Å². The fourth-order valence-electron chi connectivity index (χ4n) is 5.05. The Morgan fingerprint density at radius 2 is 1.79 bits per heavy atom. The summed E-state index contributed by atoms with van der Waals surface area (Å²) in [4.78, 5) is 21.3. The van der Waals surface area contributed by atoms with Gasteiger partial charge in [0.25, 0.3) is 0 Å². The first-order valence-electron chi connectivity index (χ1n) is 13.4. The van der Waals surface area contributed by atoms with E-state index in [4.69, 9.17) is 18.6 Å². The van der Waals surface area contributed by atoms with E-state index in [1.54, 1.807) is 7.11 Å². The van der Waals surface area contributed by atoms with Crippen molar-refractivity contribution in [3.63, 3.8) is 0 Å². The van der Waals surface area contributed by atoms with Gasteiger partial charge in [0.1, 0.15) is 35.9 Å². The summed E-state index contributed by atoms with van der Waals surface area (Å²) in [7, 11) is 1.65. The number of benzene rings is 2. The Bertz CT molecular complexity index is 1410. The lowest BCUT2D eigenvalue weighted by molar-refractivity contribution is -0.162. The van der Waals surface area contributed by atoms with Gasteiger partial charge in [0.05, 0.1) is 18.6 Å². The van der Waals surface area contributed by atoms with Gasteiger partial charge in [0.15, 0.2) is 0 Å². The number of hydrogen-bond acceptors (Lipinski definition) is 8. The number of aromatic nitrogens is 2. The number of nitrogens with one attached hydrogen (secondary N) is 1. The number of nitrogens with zero attached hydrogens (tertiary/aromatic N) is 2. The van der Waals surface area contributed by atoms with Crippen LogP contribution in [-0.4, -0.2) is 47.4 Å². The smallest absolute Gasteiger partial charge is 0.332 e. The second kappa shape index (κ2) is 11.5. The number of esters is 1. The number of furan rings is 1. The summed E-state index contributed by atoms with van der Waals surface area (Å²) in [5.74, 6) is 1.89. The Kier molecular flexibility index (Phi) is 7.84. The molecule has 4 aromatic rings. The molecule has 2 heterocycles. The number of carbonyl (C=O) groups excluding carboxylic acids is 1. The normalized spacial score (nSPS) is 17.6. The third-order valence-corrected chi connectivity index (χ3v) is 6.73. The molecule has 2 aromatic heterocycles. The minimum Gasteiger partial charge on any atom is -0.497 e. The highest BCUT2D eigenvalue weighted by atomic mass is 16.6. The maximum atomic E-state index is 12.2. The molecule has 204 valence electrons. The Hall–Kier alpha value is -3.91. The number of fused-ring (bicyclic) bond motifs is 1. The number of hydrogen-bond donors (Lipinski definition) is 1. The Labute approximate surface area is 228 Å². The first-order chi connectivity index (χ1) is 18.8. The third-order valence-electron chi connectivity index (χ3n) is 6.73. The van der Waals surface area contributed by atoms with E-state index in [0.717, 1.165) is 65.1 Å². The second-order valence-corrected chi connectivity index (χ2v) is 10.8. The van der Waals surface area contributed by atoms with Gasteiger partial charge >= 0.3 is 5.97 Å². The highest BCUT2D eigenvalue weighted by Crippen LogP contribution is 2.43. The van der Waals surface area contributed by atoms with Crippen molar-refractivity contribution in [3.8, 4) is 28.2 Å². The van der Waals surface area contributed by atoms with Gasteiger partial charge in [-0.2, -0.15) is 0 Å². The summed E-state index contributed by atoms with van der Waals surface area (Å²) in [6, 6.07) is 18.1. The highest BCUT2D eigenvalue weighted by Gasteiger charge is 2.27. The van der Waals surface area contributed by atoms with E-state index in [9.17, 15) is 4.79 Å². The summed E-state index contributed by atoms with van der Waals surface area (Å²) >= 11 is 0. The van der Waals surface area contributed by atoms with Crippen LogP contribution in [0.1, 0.15) is 46.5 Å². The molecule has 0 aliphatic heterocycles. The van der Waals surface area contributed by atoms with Gasteiger partial charge in [-0.3, -0.25) is 0 Å². The molecular formula is C31H35N3O5. The molecule has 39 heavy (non-hydrogen) atoms. The van der Waals surface area contributed by atoms with E-state index in [0.29, 0.717) is 5.71 Å². The number of ether oxygens (including phenoxy) is 3. The van der Waals surface area contributed by atoms with Crippen LogP contribution in [0.4, 0.5) is 5.82 Å². The number of anilines is 1. The maximum absolute atomic E-state index is 12.2. The van der Waals surface area contributed by atoms with Crippen molar-refractivity contribution in [1.82, 2.24) is 9.97 Å². The highest BCUT2D eigenvalue weighted by molar-refractivity contribution is 6.05. The predicted molar refractivity (Wildman–Crippen MR) is 151 cm³/mol. The SMILES string of the molecule is COc1ccc(-c2c(-c3ccccc3)oc3ncnc(NC4CCCC(OCC(=O)OC(C)(C)C)C4)c23)cc1. The summed E-state index contributed by atoms with van der Waals surface area (Å²) in [5.41, 5.74) is 2.86. The predicted octanol–water partition coefficient (Wildman–Crippen LogP) is 6.65. The minimum absolute atomic E-state index is 0.0358. The zero-order chi connectivity index (χ0) is 27.4. The van der Waals surface area contributed by atoms with Crippen LogP contribution in [0.2, 0.25) is 0 Å². The van der Waals surface area contributed by atoms with E-state index in [-0.39, 0.29) is 24.7 Å².